The molecule has 1 N–H and O–H groups in total. The third kappa shape index (κ3) is 2.90. The normalized spacial score (nSPS) is 9.77. The number of anilines is 1. The number of alkyl halides is 1. The van der Waals surface area contributed by atoms with Crippen LogP contribution in [0.5, 0.6) is 0 Å². The van der Waals surface area contributed by atoms with Crippen LogP contribution < -0.4 is 5.32 Å². The molecule has 0 aliphatic carbocycles. The predicted octanol–water partition coefficient (Wildman–Crippen LogP) is 3.04. The first-order valence-electron chi connectivity index (χ1n) is 3.75. The van der Waals surface area contributed by atoms with E-state index < -0.39 is 0 Å². The molecule has 0 saturated heterocycles. The van der Waals surface area contributed by atoms with Crippen LogP contribution in [0.15, 0.2) is 18.2 Å². The van der Waals surface area contributed by atoms with Crippen LogP contribution in [0.2, 0.25) is 5.02 Å². The minimum Gasteiger partial charge on any atom is -0.326 e. The van der Waals surface area contributed by atoms with Gasteiger partial charge in [0.1, 0.15) is 0 Å². The molecule has 0 bridgehead atoms. The van der Waals surface area contributed by atoms with Gasteiger partial charge >= 0.3 is 0 Å². The summed E-state index contributed by atoms with van der Waals surface area (Å²) in [6.45, 7) is 1.44. The van der Waals surface area contributed by atoms with Gasteiger partial charge in [0.25, 0.3) is 0 Å². The van der Waals surface area contributed by atoms with E-state index in [1.165, 1.54) is 6.92 Å². The number of amides is 1. The number of rotatable bonds is 2. The molecule has 1 aromatic rings. The van der Waals surface area contributed by atoms with E-state index in [1.807, 2.05) is 0 Å². The molecule has 0 aliphatic rings. The standard InChI is InChI=1S/C9H9Cl2NO/c1-6(13)12-9-4-8(11)3-2-7(9)5-10/h2-4H,5H2,1H3,(H,12,13). The Hall–Kier alpha value is -0.730. The Morgan fingerprint density at radius 2 is 2.23 bits per heavy atom. The second-order valence-electron chi connectivity index (χ2n) is 2.62. The van der Waals surface area contributed by atoms with Crippen molar-refractivity contribution in [2.45, 2.75) is 12.8 Å². The Bertz CT molecular complexity index is 325. The van der Waals surface area contributed by atoms with Crippen molar-refractivity contribution in [3.63, 3.8) is 0 Å². The van der Waals surface area contributed by atoms with Gasteiger partial charge in [0.05, 0.1) is 0 Å². The second-order valence-corrected chi connectivity index (χ2v) is 3.32. The molecule has 1 rings (SSSR count). The fourth-order valence-electron chi connectivity index (χ4n) is 0.971. The topological polar surface area (TPSA) is 29.1 Å². The number of carbonyl (C=O) groups excluding carboxylic acids is 1. The third-order valence-electron chi connectivity index (χ3n) is 1.53. The molecule has 70 valence electrons. The summed E-state index contributed by atoms with van der Waals surface area (Å²) in [6, 6.07) is 5.21. The van der Waals surface area contributed by atoms with Crippen molar-refractivity contribution in [2.24, 2.45) is 0 Å². The summed E-state index contributed by atoms with van der Waals surface area (Å²) in [4.78, 5) is 10.8. The maximum Gasteiger partial charge on any atom is 0.221 e. The van der Waals surface area contributed by atoms with Crippen LogP contribution in [-0.2, 0) is 10.7 Å². The number of halogens is 2. The van der Waals surface area contributed by atoms with E-state index in [9.17, 15) is 4.79 Å². The van der Waals surface area contributed by atoms with Gasteiger partial charge in [-0.2, -0.15) is 0 Å². The summed E-state index contributed by atoms with van der Waals surface area (Å²) in [5.74, 6) is 0.223. The number of nitrogens with one attached hydrogen (secondary N) is 1. The minimum absolute atomic E-state index is 0.131. The summed E-state index contributed by atoms with van der Waals surface area (Å²) in [7, 11) is 0. The molecule has 4 heteroatoms. The van der Waals surface area contributed by atoms with Crippen LogP contribution in [0.25, 0.3) is 0 Å². The average Bonchev–Trinajstić information content (AvgIpc) is 2.03. The first kappa shape index (κ1) is 10.4. The fourth-order valence-corrected chi connectivity index (χ4v) is 1.38. The van der Waals surface area contributed by atoms with E-state index in [2.05, 4.69) is 5.32 Å². The quantitative estimate of drug-likeness (QED) is 0.759. The van der Waals surface area contributed by atoms with Crippen LogP contribution in [0, 0.1) is 0 Å². The van der Waals surface area contributed by atoms with Crippen LogP contribution >= 0.6 is 23.2 Å². The molecule has 0 unspecified atom stereocenters. The molecular formula is C9H9Cl2NO. The van der Waals surface area contributed by atoms with E-state index in [0.717, 1.165) is 5.56 Å². The molecule has 0 radical (unpaired) electrons. The molecule has 0 spiro atoms. The number of hydrogen-bond acceptors (Lipinski definition) is 1. The van der Waals surface area contributed by atoms with Crippen molar-refractivity contribution in [1.29, 1.82) is 0 Å². The van der Waals surface area contributed by atoms with Crippen molar-refractivity contribution in [2.75, 3.05) is 5.32 Å². The lowest BCUT2D eigenvalue weighted by Crippen LogP contribution is -2.07. The van der Waals surface area contributed by atoms with Gasteiger partial charge in [0, 0.05) is 23.5 Å². The fraction of sp³-hybridized carbons (Fsp3) is 0.222. The van der Waals surface area contributed by atoms with Crippen LogP contribution in [0.3, 0.4) is 0 Å². The molecule has 1 aromatic carbocycles. The molecule has 0 fully saturated rings. The number of hydrogen-bond donors (Lipinski definition) is 1. The molecule has 0 aromatic heterocycles. The zero-order valence-electron chi connectivity index (χ0n) is 7.10. The lowest BCUT2D eigenvalue weighted by atomic mass is 10.2. The monoisotopic (exact) mass is 217 g/mol. The summed E-state index contributed by atoms with van der Waals surface area (Å²) in [5, 5.41) is 3.24. The highest BCUT2D eigenvalue weighted by atomic mass is 35.5. The largest absolute Gasteiger partial charge is 0.326 e. The van der Waals surface area contributed by atoms with E-state index in [0.29, 0.717) is 16.6 Å². The Morgan fingerprint density at radius 3 is 2.77 bits per heavy atom. The lowest BCUT2D eigenvalue weighted by Gasteiger charge is -2.07. The highest BCUT2D eigenvalue weighted by Crippen LogP contribution is 2.22. The van der Waals surface area contributed by atoms with Gasteiger partial charge in [-0.05, 0) is 17.7 Å². The van der Waals surface area contributed by atoms with Gasteiger partial charge in [-0.15, -0.1) is 11.6 Å². The van der Waals surface area contributed by atoms with Crippen molar-refractivity contribution < 1.29 is 4.79 Å². The van der Waals surface area contributed by atoms with E-state index in [4.69, 9.17) is 23.2 Å². The van der Waals surface area contributed by atoms with E-state index in [1.54, 1.807) is 18.2 Å². The molecule has 13 heavy (non-hydrogen) atoms. The van der Waals surface area contributed by atoms with Gasteiger partial charge in [0.2, 0.25) is 5.91 Å². The summed E-state index contributed by atoms with van der Waals surface area (Å²) >= 11 is 11.4. The third-order valence-corrected chi connectivity index (χ3v) is 2.05. The minimum atomic E-state index is -0.131. The van der Waals surface area contributed by atoms with Crippen molar-refractivity contribution in [3.8, 4) is 0 Å². The Labute approximate surface area is 86.8 Å². The molecular weight excluding hydrogens is 209 g/mol. The Morgan fingerprint density at radius 1 is 1.54 bits per heavy atom. The van der Waals surface area contributed by atoms with Gasteiger partial charge < -0.3 is 5.32 Å². The van der Waals surface area contributed by atoms with Gasteiger partial charge in [0.15, 0.2) is 0 Å². The SMILES string of the molecule is CC(=O)Nc1cc(Cl)ccc1CCl. The molecule has 1 amide bonds. The van der Waals surface area contributed by atoms with Gasteiger partial charge in [-0.1, -0.05) is 17.7 Å². The first-order chi connectivity index (χ1) is 6.13. The van der Waals surface area contributed by atoms with Crippen molar-refractivity contribution in [1.82, 2.24) is 0 Å². The summed E-state index contributed by atoms with van der Waals surface area (Å²) in [5.41, 5.74) is 1.54. The van der Waals surface area contributed by atoms with Crippen molar-refractivity contribution in [3.05, 3.63) is 28.8 Å². The van der Waals surface area contributed by atoms with E-state index in [-0.39, 0.29) is 5.91 Å². The molecule has 2 nitrogen and oxygen atoms in total. The zero-order valence-corrected chi connectivity index (χ0v) is 8.62. The van der Waals surface area contributed by atoms with Gasteiger partial charge in [-0.25, -0.2) is 0 Å². The average molecular weight is 218 g/mol. The van der Waals surface area contributed by atoms with Crippen LogP contribution in [-0.4, -0.2) is 5.91 Å². The second kappa shape index (κ2) is 4.49. The summed E-state index contributed by atoms with van der Waals surface area (Å²) in [6.07, 6.45) is 0. The van der Waals surface area contributed by atoms with Gasteiger partial charge in [-0.3, -0.25) is 4.79 Å². The number of benzene rings is 1. The Kier molecular flexibility index (Phi) is 3.58. The molecule has 0 atom stereocenters. The summed E-state index contributed by atoms with van der Waals surface area (Å²) < 4.78 is 0. The van der Waals surface area contributed by atoms with E-state index >= 15 is 0 Å². The lowest BCUT2D eigenvalue weighted by molar-refractivity contribution is -0.114. The smallest absolute Gasteiger partial charge is 0.221 e. The first-order valence-corrected chi connectivity index (χ1v) is 4.66. The molecule has 0 heterocycles. The highest BCUT2D eigenvalue weighted by molar-refractivity contribution is 6.31. The molecule has 0 aliphatic heterocycles. The van der Waals surface area contributed by atoms with Crippen molar-refractivity contribution >= 4 is 34.8 Å². The highest BCUT2D eigenvalue weighted by Gasteiger charge is 2.03. The Balaban J connectivity index is 3.01. The number of carbonyl (C=O) groups is 1. The van der Waals surface area contributed by atoms with Crippen LogP contribution in [0.1, 0.15) is 12.5 Å². The maximum atomic E-state index is 10.8. The zero-order chi connectivity index (χ0) is 9.84. The predicted molar refractivity (Wildman–Crippen MR) is 55.3 cm³/mol. The molecule has 0 saturated carbocycles. The maximum absolute atomic E-state index is 10.8. The van der Waals surface area contributed by atoms with Crippen LogP contribution in [0.4, 0.5) is 5.69 Å².